The molecule has 1 amide bonds. The molecule has 0 heterocycles. The van der Waals surface area contributed by atoms with E-state index in [0.29, 0.717) is 0 Å². The Morgan fingerprint density at radius 2 is 1.86 bits per heavy atom. The minimum absolute atomic E-state index is 0. The maximum Gasteiger partial charge on any atom is 0.240 e. The van der Waals surface area contributed by atoms with Gasteiger partial charge >= 0.3 is 0 Å². The van der Waals surface area contributed by atoms with Crippen LogP contribution in [0.1, 0.15) is 51.0 Å². The standard InChI is InChI=1S/C17H26N2O.ClH/c1-14(10-11-15-8-4-2-5-9-15)19-16(20)17(18)12-6-3-7-13-17;/h2,4-5,8-9,14H,3,6-7,10-13,18H2,1H3,(H,19,20);1H. The number of aryl methyl sites for hydroxylation is 1. The van der Waals surface area contributed by atoms with Gasteiger partial charge in [-0.15, -0.1) is 12.4 Å². The maximum absolute atomic E-state index is 12.3. The van der Waals surface area contributed by atoms with E-state index in [-0.39, 0.29) is 24.4 Å². The Labute approximate surface area is 134 Å². The predicted octanol–water partition coefficient (Wildman–Crippen LogP) is 3.21. The molecule has 0 saturated heterocycles. The van der Waals surface area contributed by atoms with E-state index >= 15 is 0 Å². The average Bonchev–Trinajstić information content (AvgIpc) is 2.47. The fourth-order valence-corrected chi connectivity index (χ4v) is 2.88. The van der Waals surface area contributed by atoms with Crippen molar-refractivity contribution in [2.24, 2.45) is 5.73 Å². The molecule has 118 valence electrons. The molecular weight excluding hydrogens is 284 g/mol. The molecule has 1 aliphatic carbocycles. The van der Waals surface area contributed by atoms with Crippen LogP contribution in [-0.2, 0) is 11.2 Å². The minimum Gasteiger partial charge on any atom is -0.352 e. The summed E-state index contributed by atoms with van der Waals surface area (Å²) in [4.78, 5) is 12.3. The second kappa shape index (κ2) is 8.40. The summed E-state index contributed by atoms with van der Waals surface area (Å²) < 4.78 is 0. The number of amides is 1. The van der Waals surface area contributed by atoms with Crippen LogP contribution in [0.15, 0.2) is 30.3 Å². The Hall–Kier alpha value is -1.06. The van der Waals surface area contributed by atoms with Crippen LogP contribution in [-0.4, -0.2) is 17.5 Å². The molecule has 1 aliphatic rings. The molecule has 1 unspecified atom stereocenters. The van der Waals surface area contributed by atoms with E-state index in [0.717, 1.165) is 38.5 Å². The number of hydrogen-bond acceptors (Lipinski definition) is 2. The zero-order chi connectivity index (χ0) is 14.4. The third kappa shape index (κ3) is 5.33. The van der Waals surface area contributed by atoms with E-state index in [1.54, 1.807) is 0 Å². The largest absolute Gasteiger partial charge is 0.352 e. The van der Waals surface area contributed by atoms with Crippen molar-refractivity contribution >= 4 is 18.3 Å². The van der Waals surface area contributed by atoms with Gasteiger partial charge in [-0.25, -0.2) is 0 Å². The molecule has 1 atom stereocenters. The molecule has 21 heavy (non-hydrogen) atoms. The lowest BCUT2D eigenvalue weighted by molar-refractivity contribution is -0.128. The first-order chi connectivity index (χ1) is 9.60. The lowest BCUT2D eigenvalue weighted by atomic mass is 9.81. The van der Waals surface area contributed by atoms with Gasteiger partial charge < -0.3 is 11.1 Å². The van der Waals surface area contributed by atoms with Crippen LogP contribution in [0.4, 0.5) is 0 Å². The molecule has 0 aromatic heterocycles. The van der Waals surface area contributed by atoms with E-state index in [1.807, 2.05) is 6.07 Å². The number of nitrogens with one attached hydrogen (secondary N) is 1. The molecule has 0 spiro atoms. The first-order valence-electron chi connectivity index (χ1n) is 7.74. The van der Waals surface area contributed by atoms with E-state index in [9.17, 15) is 4.79 Å². The topological polar surface area (TPSA) is 55.1 Å². The van der Waals surface area contributed by atoms with Crippen molar-refractivity contribution in [3.63, 3.8) is 0 Å². The van der Waals surface area contributed by atoms with Gasteiger partial charge in [0.25, 0.3) is 0 Å². The third-order valence-electron chi connectivity index (χ3n) is 4.28. The lowest BCUT2D eigenvalue weighted by Crippen LogP contribution is -2.56. The number of carbonyl (C=O) groups excluding carboxylic acids is 1. The Kier molecular flexibility index (Phi) is 7.20. The zero-order valence-corrected chi connectivity index (χ0v) is 13.6. The summed E-state index contributed by atoms with van der Waals surface area (Å²) in [5, 5.41) is 3.10. The zero-order valence-electron chi connectivity index (χ0n) is 12.8. The van der Waals surface area contributed by atoms with Crippen LogP contribution < -0.4 is 11.1 Å². The first-order valence-corrected chi connectivity index (χ1v) is 7.74. The highest BCUT2D eigenvalue weighted by atomic mass is 35.5. The Morgan fingerprint density at radius 1 is 1.24 bits per heavy atom. The Morgan fingerprint density at radius 3 is 2.48 bits per heavy atom. The monoisotopic (exact) mass is 310 g/mol. The van der Waals surface area contributed by atoms with Crippen molar-refractivity contribution in [1.29, 1.82) is 0 Å². The Bertz CT molecular complexity index is 430. The predicted molar refractivity (Wildman–Crippen MR) is 89.6 cm³/mol. The molecule has 1 fully saturated rings. The van der Waals surface area contributed by atoms with E-state index in [4.69, 9.17) is 5.73 Å². The fraction of sp³-hybridized carbons (Fsp3) is 0.588. The lowest BCUT2D eigenvalue weighted by Gasteiger charge is -2.33. The maximum atomic E-state index is 12.3. The van der Waals surface area contributed by atoms with Crippen molar-refractivity contribution in [3.8, 4) is 0 Å². The second-order valence-electron chi connectivity index (χ2n) is 6.12. The van der Waals surface area contributed by atoms with Crippen molar-refractivity contribution < 1.29 is 4.79 Å². The summed E-state index contributed by atoms with van der Waals surface area (Å²) in [7, 11) is 0. The van der Waals surface area contributed by atoms with Crippen LogP contribution in [0.25, 0.3) is 0 Å². The summed E-state index contributed by atoms with van der Waals surface area (Å²) in [5.41, 5.74) is 6.93. The summed E-state index contributed by atoms with van der Waals surface area (Å²) in [6.45, 7) is 2.06. The van der Waals surface area contributed by atoms with Crippen LogP contribution in [0, 0.1) is 0 Å². The second-order valence-corrected chi connectivity index (χ2v) is 6.12. The van der Waals surface area contributed by atoms with Gasteiger partial charge in [0.15, 0.2) is 0 Å². The molecule has 1 saturated carbocycles. The molecule has 3 N–H and O–H groups in total. The van der Waals surface area contributed by atoms with Crippen LogP contribution >= 0.6 is 12.4 Å². The Balaban J connectivity index is 0.00000220. The highest BCUT2D eigenvalue weighted by Crippen LogP contribution is 2.26. The van der Waals surface area contributed by atoms with Crippen molar-refractivity contribution in [2.75, 3.05) is 0 Å². The van der Waals surface area contributed by atoms with Crippen molar-refractivity contribution in [3.05, 3.63) is 35.9 Å². The van der Waals surface area contributed by atoms with Gasteiger partial charge in [0.2, 0.25) is 5.91 Å². The number of rotatable bonds is 5. The molecule has 1 aromatic carbocycles. The molecule has 0 bridgehead atoms. The van der Waals surface area contributed by atoms with Gasteiger partial charge in [0.05, 0.1) is 5.54 Å². The van der Waals surface area contributed by atoms with Crippen molar-refractivity contribution in [2.45, 2.75) is 63.5 Å². The number of benzene rings is 1. The summed E-state index contributed by atoms with van der Waals surface area (Å²) >= 11 is 0. The van der Waals surface area contributed by atoms with E-state index in [1.165, 1.54) is 12.0 Å². The SMILES string of the molecule is CC(CCc1ccccc1)NC(=O)C1(N)CCCCC1.Cl. The molecule has 0 radical (unpaired) electrons. The summed E-state index contributed by atoms with van der Waals surface area (Å²) in [5.74, 6) is 0.0396. The van der Waals surface area contributed by atoms with Gasteiger partial charge in [0.1, 0.15) is 0 Å². The molecular formula is C17H27ClN2O. The molecule has 4 heteroatoms. The molecule has 0 aliphatic heterocycles. The van der Waals surface area contributed by atoms with Crippen molar-refractivity contribution in [1.82, 2.24) is 5.32 Å². The van der Waals surface area contributed by atoms with Gasteiger partial charge in [0, 0.05) is 6.04 Å². The fourth-order valence-electron chi connectivity index (χ4n) is 2.88. The molecule has 1 aromatic rings. The van der Waals surface area contributed by atoms with Gasteiger partial charge in [-0.3, -0.25) is 4.79 Å². The van der Waals surface area contributed by atoms with Gasteiger partial charge in [-0.05, 0) is 38.2 Å². The number of nitrogens with two attached hydrogens (primary N) is 1. The number of carbonyl (C=O) groups is 1. The normalized spacial score (nSPS) is 18.4. The third-order valence-corrected chi connectivity index (χ3v) is 4.28. The summed E-state index contributed by atoms with van der Waals surface area (Å²) in [6.07, 6.45) is 6.93. The van der Waals surface area contributed by atoms with Gasteiger partial charge in [-0.2, -0.15) is 0 Å². The van der Waals surface area contributed by atoms with Crippen LogP contribution in [0.2, 0.25) is 0 Å². The van der Waals surface area contributed by atoms with Crippen LogP contribution in [0.3, 0.4) is 0 Å². The smallest absolute Gasteiger partial charge is 0.240 e. The molecule has 2 rings (SSSR count). The highest BCUT2D eigenvalue weighted by Gasteiger charge is 2.35. The first kappa shape index (κ1) is 18.0. The summed E-state index contributed by atoms with van der Waals surface area (Å²) in [6, 6.07) is 10.5. The van der Waals surface area contributed by atoms with Gasteiger partial charge in [-0.1, -0.05) is 49.6 Å². The van der Waals surface area contributed by atoms with E-state index < -0.39 is 5.54 Å². The number of halogens is 1. The number of hydrogen-bond donors (Lipinski definition) is 2. The average molecular weight is 311 g/mol. The highest BCUT2D eigenvalue weighted by molar-refractivity contribution is 5.86. The van der Waals surface area contributed by atoms with Crippen LogP contribution in [0.5, 0.6) is 0 Å². The molecule has 3 nitrogen and oxygen atoms in total. The quantitative estimate of drug-likeness (QED) is 0.877. The van der Waals surface area contributed by atoms with E-state index in [2.05, 4.69) is 36.5 Å². The minimum atomic E-state index is -0.626.